The van der Waals surface area contributed by atoms with Crippen LogP contribution in [0.1, 0.15) is 17.2 Å². The molecule has 2 aromatic heterocycles. The first-order chi connectivity index (χ1) is 16.7. The molecule has 0 aliphatic heterocycles. The van der Waals surface area contributed by atoms with Crippen LogP contribution in [0.25, 0.3) is 16.7 Å². The van der Waals surface area contributed by atoms with E-state index in [0.717, 1.165) is 16.8 Å². The summed E-state index contributed by atoms with van der Waals surface area (Å²) in [7, 11) is 0. The summed E-state index contributed by atoms with van der Waals surface area (Å²) in [5.74, 6) is -0.261. The Balaban J connectivity index is 1.38. The summed E-state index contributed by atoms with van der Waals surface area (Å²) in [4.78, 5) is 30.4. The zero-order valence-electron chi connectivity index (χ0n) is 18.4. The van der Waals surface area contributed by atoms with E-state index in [1.54, 1.807) is 4.68 Å². The Morgan fingerprint density at radius 3 is 2.24 bits per heavy atom. The molecule has 7 nitrogen and oxygen atoms in total. The van der Waals surface area contributed by atoms with Crippen molar-refractivity contribution in [2.75, 3.05) is 0 Å². The van der Waals surface area contributed by atoms with Gasteiger partial charge in [-0.25, -0.2) is 9.67 Å². The van der Waals surface area contributed by atoms with Gasteiger partial charge in [0.2, 0.25) is 5.91 Å². The molecule has 0 fully saturated rings. The Kier molecular flexibility index (Phi) is 5.99. The number of carbonyl (C=O) groups excluding carboxylic acids is 1. The Morgan fingerprint density at radius 1 is 0.882 bits per heavy atom. The summed E-state index contributed by atoms with van der Waals surface area (Å²) < 4.78 is 2.94. The number of fused-ring (bicyclic) bond motifs is 1. The molecule has 7 heteroatoms. The van der Waals surface area contributed by atoms with Gasteiger partial charge in [-0.3, -0.25) is 14.2 Å². The minimum Gasteiger partial charge on any atom is -0.347 e. The number of para-hydroxylation sites is 1. The molecule has 0 saturated heterocycles. The first-order valence-corrected chi connectivity index (χ1v) is 11.1. The lowest BCUT2D eigenvalue weighted by atomic mass is 9.99. The quantitative estimate of drug-likeness (QED) is 0.411. The largest absolute Gasteiger partial charge is 0.347 e. The van der Waals surface area contributed by atoms with Crippen LogP contribution in [0.2, 0.25) is 0 Å². The number of hydrogen-bond donors (Lipinski definition) is 1. The maximum absolute atomic E-state index is 13.0. The predicted molar refractivity (Wildman–Crippen MR) is 131 cm³/mol. The molecule has 5 rings (SSSR count). The summed E-state index contributed by atoms with van der Waals surface area (Å²) in [6.45, 7) is -0.129. The Labute approximate surface area is 196 Å². The number of aromatic nitrogens is 4. The lowest BCUT2D eigenvalue weighted by molar-refractivity contribution is -0.122. The van der Waals surface area contributed by atoms with Crippen molar-refractivity contribution < 1.29 is 4.79 Å². The lowest BCUT2D eigenvalue weighted by Crippen LogP contribution is -2.35. The smallest absolute Gasteiger partial charge is 0.264 e. The van der Waals surface area contributed by atoms with Crippen molar-refractivity contribution in [3.05, 3.63) is 125 Å². The molecule has 1 unspecified atom stereocenters. The minimum absolute atomic E-state index is 0.129. The van der Waals surface area contributed by atoms with Gasteiger partial charge in [-0.1, -0.05) is 78.9 Å². The van der Waals surface area contributed by atoms with Crippen molar-refractivity contribution in [2.45, 2.75) is 19.0 Å². The number of rotatable bonds is 7. The van der Waals surface area contributed by atoms with Crippen LogP contribution < -0.4 is 10.9 Å². The van der Waals surface area contributed by atoms with Crippen LogP contribution in [0.15, 0.2) is 108 Å². The summed E-state index contributed by atoms with van der Waals surface area (Å²) in [6, 6.07) is 29.1. The average Bonchev–Trinajstić information content (AvgIpc) is 3.32. The van der Waals surface area contributed by atoms with Gasteiger partial charge in [0.05, 0.1) is 17.9 Å². The second kappa shape index (κ2) is 9.54. The van der Waals surface area contributed by atoms with Crippen molar-refractivity contribution in [1.29, 1.82) is 0 Å². The SMILES string of the molecule is O=C(Cn1cnc2c(cnn2-c2ccccc2)c1=O)NC(Cc1ccccc1)c1ccccc1. The molecule has 168 valence electrons. The first kappa shape index (κ1) is 21.3. The molecule has 1 N–H and O–H groups in total. The van der Waals surface area contributed by atoms with Gasteiger partial charge in [0, 0.05) is 0 Å². The highest BCUT2D eigenvalue weighted by molar-refractivity contribution is 5.78. The van der Waals surface area contributed by atoms with E-state index < -0.39 is 0 Å². The topological polar surface area (TPSA) is 81.8 Å². The average molecular weight is 450 g/mol. The van der Waals surface area contributed by atoms with Crippen LogP contribution in [-0.2, 0) is 17.8 Å². The van der Waals surface area contributed by atoms with E-state index in [9.17, 15) is 9.59 Å². The molecule has 1 atom stereocenters. The van der Waals surface area contributed by atoms with Crippen molar-refractivity contribution in [3.63, 3.8) is 0 Å². The van der Waals surface area contributed by atoms with E-state index in [-0.39, 0.29) is 24.1 Å². The van der Waals surface area contributed by atoms with Crippen molar-refractivity contribution in [3.8, 4) is 5.69 Å². The zero-order chi connectivity index (χ0) is 23.3. The van der Waals surface area contributed by atoms with Gasteiger partial charge in [0.25, 0.3) is 5.56 Å². The van der Waals surface area contributed by atoms with E-state index in [2.05, 4.69) is 15.4 Å². The third kappa shape index (κ3) is 4.49. The highest BCUT2D eigenvalue weighted by Crippen LogP contribution is 2.18. The third-order valence-electron chi connectivity index (χ3n) is 5.69. The normalized spacial score (nSPS) is 11.9. The molecule has 0 radical (unpaired) electrons. The third-order valence-corrected chi connectivity index (χ3v) is 5.69. The fourth-order valence-corrected chi connectivity index (χ4v) is 4.00. The standard InChI is InChI=1S/C27H23N5O2/c33-25(30-24(21-12-6-2-7-13-21)16-20-10-4-1-5-11-20)18-31-19-28-26-23(27(31)34)17-29-32(26)22-14-8-3-9-15-22/h1-15,17,19,24H,16,18H2,(H,30,33). The van der Waals surface area contributed by atoms with Gasteiger partial charge in [-0.15, -0.1) is 0 Å². The van der Waals surface area contributed by atoms with Crippen LogP contribution >= 0.6 is 0 Å². The highest BCUT2D eigenvalue weighted by atomic mass is 16.2. The van der Waals surface area contributed by atoms with Crippen LogP contribution in [0, 0.1) is 0 Å². The molecule has 0 aliphatic rings. The monoisotopic (exact) mass is 449 g/mol. The van der Waals surface area contributed by atoms with E-state index in [1.807, 2.05) is 91.0 Å². The Morgan fingerprint density at radius 2 is 1.53 bits per heavy atom. The number of nitrogens with one attached hydrogen (secondary N) is 1. The zero-order valence-corrected chi connectivity index (χ0v) is 18.4. The lowest BCUT2D eigenvalue weighted by Gasteiger charge is -2.20. The van der Waals surface area contributed by atoms with E-state index >= 15 is 0 Å². The summed E-state index contributed by atoms with van der Waals surface area (Å²) in [5.41, 5.74) is 3.09. The van der Waals surface area contributed by atoms with Crippen LogP contribution in [0.5, 0.6) is 0 Å². The summed E-state index contributed by atoms with van der Waals surface area (Å²) in [6.07, 6.45) is 3.54. The second-order valence-corrected chi connectivity index (χ2v) is 8.03. The minimum atomic E-state index is -0.304. The fraction of sp³-hybridized carbons (Fsp3) is 0.111. The molecule has 2 heterocycles. The number of hydrogen-bond acceptors (Lipinski definition) is 4. The predicted octanol–water partition coefficient (Wildman–Crippen LogP) is 3.68. The van der Waals surface area contributed by atoms with Gasteiger partial charge < -0.3 is 5.32 Å². The van der Waals surface area contributed by atoms with Gasteiger partial charge >= 0.3 is 0 Å². The van der Waals surface area contributed by atoms with Gasteiger partial charge in [0.1, 0.15) is 18.3 Å². The van der Waals surface area contributed by atoms with E-state index in [4.69, 9.17) is 0 Å². The molecule has 0 bridgehead atoms. The molecule has 0 aliphatic carbocycles. The number of carbonyl (C=O) groups is 1. The molecule has 3 aromatic carbocycles. The summed E-state index contributed by atoms with van der Waals surface area (Å²) >= 11 is 0. The molecule has 0 saturated carbocycles. The van der Waals surface area contributed by atoms with Gasteiger partial charge in [0.15, 0.2) is 5.65 Å². The van der Waals surface area contributed by atoms with Crippen LogP contribution in [0.4, 0.5) is 0 Å². The molecule has 5 aromatic rings. The van der Waals surface area contributed by atoms with Gasteiger partial charge in [-0.2, -0.15) is 5.10 Å². The number of benzene rings is 3. The maximum Gasteiger partial charge on any atom is 0.264 e. The number of nitrogens with zero attached hydrogens (tertiary/aromatic N) is 4. The first-order valence-electron chi connectivity index (χ1n) is 11.1. The Hall–Kier alpha value is -4.52. The van der Waals surface area contributed by atoms with Crippen molar-refractivity contribution in [2.24, 2.45) is 0 Å². The summed E-state index contributed by atoms with van der Waals surface area (Å²) in [5, 5.41) is 7.78. The fourth-order valence-electron chi connectivity index (χ4n) is 4.00. The van der Waals surface area contributed by atoms with E-state index in [1.165, 1.54) is 17.1 Å². The van der Waals surface area contributed by atoms with Crippen LogP contribution in [-0.4, -0.2) is 25.2 Å². The van der Waals surface area contributed by atoms with Gasteiger partial charge in [-0.05, 0) is 29.7 Å². The molecule has 0 spiro atoms. The molecular formula is C27H23N5O2. The maximum atomic E-state index is 13.0. The number of amides is 1. The second-order valence-electron chi connectivity index (χ2n) is 8.03. The van der Waals surface area contributed by atoms with E-state index in [0.29, 0.717) is 17.5 Å². The van der Waals surface area contributed by atoms with Crippen LogP contribution in [0.3, 0.4) is 0 Å². The highest BCUT2D eigenvalue weighted by Gasteiger charge is 2.17. The van der Waals surface area contributed by atoms with Crippen molar-refractivity contribution in [1.82, 2.24) is 24.6 Å². The molecule has 34 heavy (non-hydrogen) atoms. The van der Waals surface area contributed by atoms with Crippen molar-refractivity contribution >= 4 is 16.9 Å². The molecular weight excluding hydrogens is 426 g/mol. The molecule has 1 amide bonds. The Bertz CT molecular complexity index is 1460.